The van der Waals surface area contributed by atoms with E-state index in [1.807, 2.05) is 12.1 Å². The van der Waals surface area contributed by atoms with E-state index < -0.39 is 0 Å². The topological polar surface area (TPSA) is 73.6 Å². The number of nitrogens with one attached hydrogen (secondary N) is 1. The zero-order chi connectivity index (χ0) is 17.4. The Bertz CT molecular complexity index is 646. The predicted molar refractivity (Wildman–Crippen MR) is 96.5 cm³/mol. The molecule has 1 amide bonds. The second-order valence-corrected chi connectivity index (χ2v) is 5.27. The molecule has 0 saturated heterocycles. The minimum absolute atomic E-state index is 0. The lowest BCUT2D eigenvalue weighted by Crippen LogP contribution is -2.31. The average molecular weight is 369 g/mol. The molecule has 0 heterocycles. The number of carbonyl (C=O) groups excluding carboxylic acids is 1. The van der Waals surface area contributed by atoms with E-state index in [2.05, 4.69) is 5.32 Å². The summed E-state index contributed by atoms with van der Waals surface area (Å²) >= 11 is 0. The third-order valence-corrected chi connectivity index (χ3v) is 3.47. The maximum Gasteiger partial charge on any atom is 0.222 e. The molecule has 0 spiro atoms. The van der Waals surface area contributed by atoms with Gasteiger partial charge < -0.3 is 20.5 Å². The molecule has 3 N–H and O–H groups in total. The molecule has 5 nitrogen and oxygen atoms in total. The Morgan fingerprint density at radius 1 is 1.12 bits per heavy atom. The second-order valence-electron chi connectivity index (χ2n) is 5.27. The molecule has 25 heavy (non-hydrogen) atoms. The van der Waals surface area contributed by atoms with Gasteiger partial charge in [0.1, 0.15) is 17.3 Å². The zero-order valence-corrected chi connectivity index (χ0v) is 14.7. The van der Waals surface area contributed by atoms with Crippen molar-refractivity contribution in [2.24, 2.45) is 5.73 Å². The standard InChI is InChI=1S/C18H21FN2O3.ClH/c1-23-17(11-20)10-18(22)21-12-13-2-6-15(7-3-13)24-16-8-4-14(19)5-9-16;/h2-9,17H,10-12,20H2,1H3,(H,21,22);1H. The number of methoxy groups -OCH3 is 1. The van der Waals surface area contributed by atoms with Crippen LogP contribution < -0.4 is 15.8 Å². The summed E-state index contributed by atoms with van der Waals surface area (Å²) in [4.78, 5) is 11.8. The summed E-state index contributed by atoms with van der Waals surface area (Å²) in [5.41, 5.74) is 6.43. The summed E-state index contributed by atoms with van der Waals surface area (Å²) in [5, 5.41) is 2.82. The molecule has 7 heteroatoms. The maximum absolute atomic E-state index is 12.8. The first-order valence-corrected chi connectivity index (χ1v) is 7.62. The molecule has 0 fully saturated rings. The SMILES string of the molecule is COC(CN)CC(=O)NCc1ccc(Oc2ccc(F)cc2)cc1.Cl. The number of amides is 1. The van der Waals surface area contributed by atoms with Gasteiger partial charge in [-0.2, -0.15) is 0 Å². The van der Waals surface area contributed by atoms with Gasteiger partial charge in [-0.05, 0) is 42.0 Å². The van der Waals surface area contributed by atoms with E-state index in [0.717, 1.165) is 5.56 Å². The van der Waals surface area contributed by atoms with Crippen molar-refractivity contribution in [1.82, 2.24) is 5.32 Å². The molecule has 2 aromatic rings. The summed E-state index contributed by atoms with van der Waals surface area (Å²) in [5.74, 6) is 0.779. The molecule has 1 unspecified atom stereocenters. The highest BCUT2D eigenvalue weighted by Crippen LogP contribution is 2.21. The van der Waals surface area contributed by atoms with Crippen molar-refractivity contribution in [3.8, 4) is 11.5 Å². The number of rotatable bonds is 8. The van der Waals surface area contributed by atoms with Crippen molar-refractivity contribution in [3.05, 3.63) is 59.9 Å². The van der Waals surface area contributed by atoms with Crippen molar-refractivity contribution < 1.29 is 18.7 Å². The Morgan fingerprint density at radius 2 is 1.68 bits per heavy atom. The number of benzene rings is 2. The van der Waals surface area contributed by atoms with Gasteiger partial charge in [0, 0.05) is 20.2 Å². The normalized spacial score (nSPS) is 11.3. The Hall–Kier alpha value is -2.15. The number of carbonyl (C=O) groups is 1. The van der Waals surface area contributed by atoms with Crippen LogP contribution in [0.1, 0.15) is 12.0 Å². The van der Waals surface area contributed by atoms with Crippen LogP contribution in [0.15, 0.2) is 48.5 Å². The molecule has 0 bridgehead atoms. The average Bonchev–Trinajstić information content (AvgIpc) is 2.61. The molecule has 136 valence electrons. The van der Waals surface area contributed by atoms with Gasteiger partial charge in [0.25, 0.3) is 0 Å². The van der Waals surface area contributed by atoms with Gasteiger partial charge in [-0.1, -0.05) is 12.1 Å². The Balaban J connectivity index is 0.00000312. The number of ether oxygens (including phenoxy) is 2. The first kappa shape index (κ1) is 20.9. The van der Waals surface area contributed by atoms with Gasteiger partial charge in [0.15, 0.2) is 0 Å². The molecule has 0 aliphatic carbocycles. The van der Waals surface area contributed by atoms with Crippen molar-refractivity contribution in [3.63, 3.8) is 0 Å². The lowest BCUT2D eigenvalue weighted by atomic mass is 10.2. The molecule has 1 atom stereocenters. The van der Waals surface area contributed by atoms with E-state index in [0.29, 0.717) is 24.6 Å². The van der Waals surface area contributed by atoms with Crippen LogP contribution in [0.3, 0.4) is 0 Å². The Morgan fingerprint density at radius 3 is 2.20 bits per heavy atom. The Labute approximate surface area is 152 Å². The van der Waals surface area contributed by atoms with E-state index in [1.54, 1.807) is 24.3 Å². The van der Waals surface area contributed by atoms with Crippen molar-refractivity contribution in [2.75, 3.05) is 13.7 Å². The number of hydrogen-bond acceptors (Lipinski definition) is 4. The maximum atomic E-state index is 12.8. The lowest BCUT2D eigenvalue weighted by molar-refractivity contribution is -0.123. The summed E-state index contributed by atoms with van der Waals surface area (Å²) in [6.45, 7) is 0.718. The molecule has 0 aromatic heterocycles. The van der Waals surface area contributed by atoms with Crippen LogP contribution in [0, 0.1) is 5.82 Å². The van der Waals surface area contributed by atoms with Crippen LogP contribution in [-0.2, 0) is 16.1 Å². The highest BCUT2D eigenvalue weighted by Gasteiger charge is 2.10. The van der Waals surface area contributed by atoms with E-state index in [-0.39, 0.29) is 36.7 Å². The van der Waals surface area contributed by atoms with Crippen LogP contribution in [0.4, 0.5) is 4.39 Å². The van der Waals surface area contributed by atoms with Crippen LogP contribution in [0.5, 0.6) is 11.5 Å². The second kappa shape index (κ2) is 10.7. The van der Waals surface area contributed by atoms with E-state index >= 15 is 0 Å². The van der Waals surface area contributed by atoms with Gasteiger partial charge in [-0.25, -0.2) is 4.39 Å². The summed E-state index contributed by atoms with van der Waals surface area (Å²) < 4.78 is 23.5. The zero-order valence-electron chi connectivity index (χ0n) is 13.9. The van der Waals surface area contributed by atoms with Crippen LogP contribution >= 0.6 is 12.4 Å². The number of hydrogen-bond donors (Lipinski definition) is 2. The fourth-order valence-electron chi connectivity index (χ4n) is 2.06. The van der Waals surface area contributed by atoms with Gasteiger partial charge >= 0.3 is 0 Å². The summed E-state index contributed by atoms with van der Waals surface area (Å²) in [6.07, 6.45) is -0.0323. The smallest absolute Gasteiger partial charge is 0.222 e. The molecule has 0 aliphatic heterocycles. The van der Waals surface area contributed by atoms with Crippen molar-refractivity contribution in [2.45, 2.75) is 19.1 Å². The van der Waals surface area contributed by atoms with Gasteiger partial charge in [-0.15, -0.1) is 12.4 Å². The van der Waals surface area contributed by atoms with Crippen LogP contribution in [0.25, 0.3) is 0 Å². The molecule has 0 aliphatic rings. The molecule has 0 radical (unpaired) electrons. The van der Waals surface area contributed by atoms with Crippen LogP contribution in [-0.4, -0.2) is 25.7 Å². The highest BCUT2D eigenvalue weighted by atomic mass is 35.5. The van der Waals surface area contributed by atoms with Crippen molar-refractivity contribution >= 4 is 18.3 Å². The van der Waals surface area contributed by atoms with Crippen molar-refractivity contribution in [1.29, 1.82) is 0 Å². The third kappa shape index (κ3) is 7.09. The Kier molecular flexibility index (Phi) is 8.91. The minimum Gasteiger partial charge on any atom is -0.457 e. The molecule has 2 aromatic carbocycles. The van der Waals surface area contributed by atoms with Gasteiger partial charge in [-0.3, -0.25) is 4.79 Å². The fourth-order valence-corrected chi connectivity index (χ4v) is 2.06. The quantitative estimate of drug-likeness (QED) is 0.751. The van der Waals surface area contributed by atoms with E-state index in [1.165, 1.54) is 19.2 Å². The lowest BCUT2D eigenvalue weighted by Gasteiger charge is -2.12. The third-order valence-electron chi connectivity index (χ3n) is 3.47. The summed E-state index contributed by atoms with van der Waals surface area (Å²) in [6, 6.07) is 13.1. The van der Waals surface area contributed by atoms with E-state index in [9.17, 15) is 9.18 Å². The van der Waals surface area contributed by atoms with E-state index in [4.69, 9.17) is 15.2 Å². The first-order chi connectivity index (χ1) is 11.6. The molecular weight excluding hydrogens is 347 g/mol. The molecule has 2 rings (SSSR count). The number of nitrogens with two attached hydrogens (primary N) is 1. The van der Waals surface area contributed by atoms with Gasteiger partial charge in [0.2, 0.25) is 5.91 Å². The monoisotopic (exact) mass is 368 g/mol. The number of halogens is 2. The molecular formula is C18H22ClFN2O3. The van der Waals surface area contributed by atoms with Crippen LogP contribution in [0.2, 0.25) is 0 Å². The fraction of sp³-hybridized carbons (Fsp3) is 0.278. The highest BCUT2D eigenvalue weighted by molar-refractivity contribution is 5.85. The van der Waals surface area contributed by atoms with Gasteiger partial charge in [0.05, 0.1) is 12.5 Å². The minimum atomic E-state index is -0.307. The predicted octanol–water partition coefficient (Wildman–Crippen LogP) is 3.02. The molecule has 0 saturated carbocycles. The largest absolute Gasteiger partial charge is 0.457 e. The summed E-state index contributed by atoms with van der Waals surface area (Å²) in [7, 11) is 1.53. The first-order valence-electron chi connectivity index (χ1n) is 7.62.